The van der Waals surface area contributed by atoms with E-state index >= 15 is 0 Å². The first-order valence-corrected chi connectivity index (χ1v) is 4.94. The van der Waals surface area contributed by atoms with Gasteiger partial charge in [-0.3, -0.25) is 4.79 Å². The Morgan fingerprint density at radius 1 is 1.53 bits per heavy atom. The highest BCUT2D eigenvalue weighted by Gasteiger charge is 2.68. The molecule has 0 aromatic rings. The third-order valence-corrected chi connectivity index (χ3v) is 3.02. The molecule has 1 saturated carbocycles. The number of rotatable bonds is 2. The van der Waals surface area contributed by atoms with Crippen molar-refractivity contribution >= 4 is 5.97 Å². The summed E-state index contributed by atoms with van der Waals surface area (Å²) in [5, 5.41) is 2.67. The molecular formula is C9H12F3NO2. The minimum atomic E-state index is -4.14. The molecule has 0 aromatic carbocycles. The van der Waals surface area contributed by atoms with Gasteiger partial charge in [0.2, 0.25) is 0 Å². The fourth-order valence-electron chi connectivity index (χ4n) is 2.32. The monoisotopic (exact) mass is 223 g/mol. The first-order chi connectivity index (χ1) is 6.95. The normalized spacial score (nSPS) is 38.7. The van der Waals surface area contributed by atoms with E-state index in [9.17, 15) is 18.0 Å². The van der Waals surface area contributed by atoms with Gasteiger partial charge in [0.1, 0.15) is 6.04 Å². The zero-order valence-corrected chi connectivity index (χ0v) is 8.17. The van der Waals surface area contributed by atoms with Crippen molar-refractivity contribution in [3.8, 4) is 0 Å². The average molecular weight is 223 g/mol. The Morgan fingerprint density at radius 3 is 2.60 bits per heavy atom. The standard InChI is InChI=1S/C9H12F3NO2/c1-2-15-8(14)5-3-4-6(7(4)13-5)9(10,11)12/h4-7,13H,2-3H2,1H3/t4-,5-,6+,7-/m0/s1. The minimum Gasteiger partial charge on any atom is -0.465 e. The molecule has 4 atom stereocenters. The molecule has 15 heavy (non-hydrogen) atoms. The maximum atomic E-state index is 12.3. The molecule has 0 unspecified atom stereocenters. The molecule has 3 nitrogen and oxygen atoms in total. The van der Waals surface area contributed by atoms with Crippen LogP contribution in [0.2, 0.25) is 0 Å². The molecule has 0 amide bonds. The van der Waals surface area contributed by atoms with E-state index in [4.69, 9.17) is 4.74 Å². The van der Waals surface area contributed by atoms with Gasteiger partial charge in [0.25, 0.3) is 0 Å². The third kappa shape index (κ3) is 1.82. The van der Waals surface area contributed by atoms with E-state index in [1.54, 1.807) is 6.92 Å². The van der Waals surface area contributed by atoms with Crippen LogP contribution < -0.4 is 5.32 Å². The number of esters is 1. The van der Waals surface area contributed by atoms with E-state index in [-0.39, 0.29) is 13.0 Å². The van der Waals surface area contributed by atoms with Gasteiger partial charge in [0.15, 0.2) is 0 Å². The molecule has 0 radical (unpaired) electrons. The van der Waals surface area contributed by atoms with Gasteiger partial charge in [0, 0.05) is 6.04 Å². The molecule has 1 aliphatic heterocycles. The van der Waals surface area contributed by atoms with Crippen LogP contribution in [0.15, 0.2) is 0 Å². The Labute approximate surface area is 85.0 Å². The average Bonchev–Trinajstić information content (AvgIpc) is 2.64. The molecule has 0 aromatic heterocycles. The van der Waals surface area contributed by atoms with Crippen LogP contribution in [0.4, 0.5) is 13.2 Å². The topological polar surface area (TPSA) is 38.3 Å². The summed E-state index contributed by atoms with van der Waals surface area (Å²) in [5.41, 5.74) is 0. The lowest BCUT2D eigenvalue weighted by Crippen LogP contribution is -2.38. The highest BCUT2D eigenvalue weighted by molar-refractivity contribution is 5.76. The summed E-state index contributed by atoms with van der Waals surface area (Å²) in [6.45, 7) is 1.93. The van der Waals surface area contributed by atoms with Crippen molar-refractivity contribution in [3.63, 3.8) is 0 Å². The van der Waals surface area contributed by atoms with E-state index in [0.717, 1.165) is 0 Å². The fraction of sp³-hybridized carbons (Fsp3) is 0.889. The van der Waals surface area contributed by atoms with Gasteiger partial charge in [-0.25, -0.2) is 0 Å². The summed E-state index contributed by atoms with van der Waals surface area (Å²) in [5.74, 6) is -2.13. The molecule has 0 bridgehead atoms. The second-order valence-electron chi connectivity index (χ2n) is 3.96. The Balaban J connectivity index is 1.85. The molecule has 2 rings (SSSR count). The Hall–Kier alpha value is -0.780. The Kier molecular flexibility index (Phi) is 2.41. The van der Waals surface area contributed by atoms with Gasteiger partial charge in [0.05, 0.1) is 12.5 Å². The Morgan fingerprint density at radius 2 is 2.20 bits per heavy atom. The van der Waals surface area contributed by atoms with E-state index in [2.05, 4.69) is 5.32 Å². The molecule has 1 heterocycles. The largest absolute Gasteiger partial charge is 0.465 e. The highest BCUT2D eigenvalue weighted by Crippen LogP contribution is 2.55. The molecule has 1 N–H and O–H groups in total. The van der Waals surface area contributed by atoms with Crippen molar-refractivity contribution in [3.05, 3.63) is 0 Å². The maximum Gasteiger partial charge on any atom is 0.393 e. The van der Waals surface area contributed by atoms with E-state index in [0.29, 0.717) is 0 Å². The number of alkyl halides is 3. The van der Waals surface area contributed by atoms with E-state index in [1.807, 2.05) is 0 Å². The number of ether oxygens (including phenoxy) is 1. The van der Waals surface area contributed by atoms with Crippen LogP contribution in [0.5, 0.6) is 0 Å². The van der Waals surface area contributed by atoms with Gasteiger partial charge in [-0.05, 0) is 19.3 Å². The number of piperidine rings is 1. The number of halogens is 3. The Bertz CT molecular complexity index is 267. The molecule has 6 heteroatoms. The predicted molar refractivity (Wildman–Crippen MR) is 45.0 cm³/mol. The number of carbonyl (C=O) groups excluding carboxylic acids is 1. The minimum absolute atomic E-state index is 0.244. The number of carbonyl (C=O) groups is 1. The quantitative estimate of drug-likeness (QED) is 0.712. The number of fused-ring (bicyclic) bond motifs is 1. The van der Waals surface area contributed by atoms with E-state index < -0.39 is 36.1 Å². The number of nitrogens with one attached hydrogen (secondary N) is 1. The van der Waals surface area contributed by atoms with Crippen LogP contribution in [-0.4, -0.2) is 30.8 Å². The van der Waals surface area contributed by atoms with Crippen molar-refractivity contribution in [2.75, 3.05) is 6.61 Å². The van der Waals surface area contributed by atoms with E-state index in [1.165, 1.54) is 0 Å². The van der Waals surface area contributed by atoms with Gasteiger partial charge in [-0.1, -0.05) is 0 Å². The molecule has 1 saturated heterocycles. The lowest BCUT2D eigenvalue weighted by molar-refractivity contribution is -0.158. The smallest absolute Gasteiger partial charge is 0.393 e. The van der Waals surface area contributed by atoms with Crippen molar-refractivity contribution in [1.82, 2.24) is 5.32 Å². The second-order valence-corrected chi connectivity index (χ2v) is 3.96. The van der Waals surface area contributed by atoms with Crippen molar-refractivity contribution in [1.29, 1.82) is 0 Å². The molecule has 86 valence electrons. The molecule has 1 aliphatic carbocycles. The summed E-state index contributed by atoms with van der Waals surface area (Å²) in [4.78, 5) is 11.2. The molecule has 2 fully saturated rings. The van der Waals surface area contributed by atoms with Crippen LogP contribution >= 0.6 is 0 Å². The maximum absolute atomic E-state index is 12.3. The van der Waals surface area contributed by atoms with Crippen molar-refractivity contribution in [2.45, 2.75) is 31.6 Å². The van der Waals surface area contributed by atoms with Gasteiger partial charge in [-0.2, -0.15) is 13.2 Å². The second kappa shape index (κ2) is 3.37. The van der Waals surface area contributed by atoms with Crippen LogP contribution in [0.1, 0.15) is 13.3 Å². The first-order valence-electron chi connectivity index (χ1n) is 4.94. The summed E-state index contributed by atoms with van der Waals surface area (Å²) in [6, 6.07) is -1.11. The highest BCUT2D eigenvalue weighted by atomic mass is 19.4. The van der Waals surface area contributed by atoms with Crippen LogP contribution in [-0.2, 0) is 9.53 Å². The summed E-state index contributed by atoms with van der Waals surface area (Å²) in [7, 11) is 0. The van der Waals surface area contributed by atoms with Crippen LogP contribution in [0.3, 0.4) is 0 Å². The lowest BCUT2D eigenvalue weighted by Gasteiger charge is -2.15. The molecule has 2 aliphatic rings. The third-order valence-electron chi connectivity index (χ3n) is 3.02. The number of hydrogen-bond acceptors (Lipinski definition) is 3. The lowest BCUT2D eigenvalue weighted by atomic mass is 10.1. The zero-order valence-electron chi connectivity index (χ0n) is 8.17. The summed E-state index contributed by atoms with van der Waals surface area (Å²) >= 11 is 0. The summed E-state index contributed by atoms with van der Waals surface area (Å²) < 4.78 is 41.6. The van der Waals surface area contributed by atoms with Gasteiger partial charge >= 0.3 is 12.1 Å². The van der Waals surface area contributed by atoms with Gasteiger partial charge < -0.3 is 10.1 Å². The van der Waals surface area contributed by atoms with Crippen LogP contribution in [0.25, 0.3) is 0 Å². The van der Waals surface area contributed by atoms with Crippen molar-refractivity contribution < 1.29 is 22.7 Å². The van der Waals surface area contributed by atoms with Crippen molar-refractivity contribution in [2.24, 2.45) is 11.8 Å². The fourth-order valence-corrected chi connectivity index (χ4v) is 2.32. The SMILES string of the molecule is CCOC(=O)[C@@H]1C[C@@H]2[C@H](N1)[C@@H]2C(F)(F)F. The summed E-state index contributed by atoms with van der Waals surface area (Å²) in [6.07, 6.45) is -3.89. The zero-order chi connectivity index (χ0) is 11.2. The number of hydrogen-bond donors (Lipinski definition) is 1. The molecule has 0 spiro atoms. The van der Waals surface area contributed by atoms with Crippen LogP contribution in [0, 0.1) is 11.8 Å². The van der Waals surface area contributed by atoms with Gasteiger partial charge in [-0.15, -0.1) is 0 Å². The first kappa shape index (κ1) is 10.7. The predicted octanol–water partition coefficient (Wildman–Crippen LogP) is 1.09. The molecular weight excluding hydrogens is 211 g/mol.